The van der Waals surface area contributed by atoms with Crippen LogP contribution in [0.1, 0.15) is 23.2 Å². The molecule has 0 radical (unpaired) electrons. The summed E-state index contributed by atoms with van der Waals surface area (Å²) < 4.78 is 25.9. The SMILES string of the molecule is CNC(=O)c1ccc(S(=O)(=O)N2CCC[C@H]2C(=O)O)cc1. The molecular formula is C13H16N2O5S. The zero-order chi connectivity index (χ0) is 15.6. The molecule has 1 amide bonds. The van der Waals surface area contributed by atoms with E-state index >= 15 is 0 Å². The van der Waals surface area contributed by atoms with Crippen LogP contribution < -0.4 is 5.32 Å². The van der Waals surface area contributed by atoms with Crippen molar-refractivity contribution in [3.63, 3.8) is 0 Å². The minimum absolute atomic E-state index is 0.0108. The molecule has 0 aliphatic carbocycles. The van der Waals surface area contributed by atoms with Gasteiger partial charge in [-0.2, -0.15) is 4.31 Å². The van der Waals surface area contributed by atoms with E-state index in [-0.39, 0.29) is 17.3 Å². The smallest absolute Gasteiger partial charge is 0.322 e. The summed E-state index contributed by atoms with van der Waals surface area (Å²) in [4.78, 5) is 22.5. The van der Waals surface area contributed by atoms with Crippen LogP contribution in [-0.2, 0) is 14.8 Å². The molecule has 1 saturated heterocycles. The molecule has 21 heavy (non-hydrogen) atoms. The average molecular weight is 312 g/mol. The highest BCUT2D eigenvalue weighted by atomic mass is 32.2. The van der Waals surface area contributed by atoms with Crippen LogP contribution in [0.3, 0.4) is 0 Å². The second-order valence-corrected chi connectivity index (χ2v) is 6.61. The van der Waals surface area contributed by atoms with Gasteiger partial charge in [-0.3, -0.25) is 9.59 Å². The summed E-state index contributed by atoms with van der Waals surface area (Å²) in [5.74, 6) is -1.46. The van der Waals surface area contributed by atoms with Crippen molar-refractivity contribution >= 4 is 21.9 Å². The Hall–Kier alpha value is -1.93. The fourth-order valence-corrected chi connectivity index (χ4v) is 3.98. The van der Waals surface area contributed by atoms with E-state index in [1.807, 2.05) is 0 Å². The molecule has 0 saturated carbocycles. The first-order valence-electron chi connectivity index (χ1n) is 6.44. The molecule has 0 spiro atoms. The number of nitrogens with zero attached hydrogens (tertiary/aromatic N) is 1. The Morgan fingerprint density at radius 3 is 2.43 bits per heavy atom. The normalized spacial score (nSPS) is 19.4. The summed E-state index contributed by atoms with van der Waals surface area (Å²) in [5, 5.41) is 11.5. The molecule has 7 nitrogen and oxygen atoms in total. The van der Waals surface area contributed by atoms with E-state index < -0.39 is 22.0 Å². The number of carbonyl (C=O) groups excluding carboxylic acids is 1. The van der Waals surface area contributed by atoms with E-state index in [0.29, 0.717) is 18.4 Å². The van der Waals surface area contributed by atoms with Gasteiger partial charge < -0.3 is 10.4 Å². The van der Waals surface area contributed by atoms with Crippen molar-refractivity contribution in [2.45, 2.75) is 23.8 Å². The number of hydrogen-bond donors (Lipinski definition) is 2. The zero-order valence-corrected chi connectivity index (χ0v) is 12.3. The second-order valence-electron chi connectivity index (χ2n) is 4.72. The number of carboxylic acids is 1. The van der Waals surface area contributed by atoms with E-state index in [1.165, 1.54) is 31.3 Å². The number of carboxylic acid groups (broad SMARTS) is 1. The Morgan fingerprint density at radius 1 is 1.29 bits per heavy atom. The highest BCUT2D eigenvalue weighted by molar-refractivity contribution is 7.89. The predicted octanol–water partition coefficient (Wildman–Crippen LogP) is 0.284. The fourth-order valence-electron chi connectivity index (χ4n) is 2.33. The minimum atomic E-state index is -3.86. The molecule has 1 atom stereocenters. The number of nitrogens with one attached hydrogen (secondary N) is 1. The summed E-state index contributed by atoms with van der Waals surface area (Å²) in [6, 6.07) is 4.41. The van der Waals surface area contributed by atoms with Crippen LogP contribution in [0.2, 0.25) is 0 Å². The summed E-state index contributed by atoms with van der Waals surface area (Å²) >= 11 is 0. The summed E-state index contributed by atoms with van der Waals surface area (Å²) in [7, 11) is -2.38. The molecule has 2 rings (SSSR count). The van der Waals surface area contributed by atoms with Gasteiger partial charge in [-0.05, 0) is 37.1 Å². The quantitative estimate of drug-likeness (QED) is 0.831. The van der Waals surface area contributed by atoms with E-state index in [4.69, 9.17) is 5.11 Å². The maximum Gasteiger partial charge on any atom is 0.322 e. The van der Waals surface area contributed by atoms with Gasteiger partial charge in [0.25, 0.3) is 5.91 Å². The highest BCUT2D eigenvalue weighted by Crippen LogP contribution is 2.26. The van der Waals surface area contributed by atoms with E-state index in [0.717, 1.165) is 4.31 Å². The van der Waals surface area contributed by atoms with Gasteiger partial charge in [0, 0.05) is 19.2 Å². The third-order valence-corrected chi connectivity index (χ3v) is 5.36. The van der Waals surface area contributed by atoms with E-state index in [9.17, 15) is 18.0 Å². The number of carbonyl (C=O) groups is 2. The molecule has 1 aliphatic heterocycles. The monoisotopic (exact) mass is 312 g/mol. The maximum atomic E-state index is 12.5. The Kier molecular flexibility index (Phi) is 4.29. The van der Waals surface area contributed by atoms with Crippen LogP contribution in [0.25, 0.3) is 0 Å². The Bertz CT molecular complexity index is 654. The molecule has 114 valence electrons. The van der Waals surface area contributed by atoms with Crippen LogP contribution in [0, 0.1) is 0 Å². The molecule has 0 aromatic heterocycles. The van der Waals surface area contributed by atoms with Crippen molar-refractivity contribution < 1.29 is 23.1 Å². The first-order valence-corrected chi connectivity index (χ1v) is 7.88. The molecule has 1 heterocycles. The van der Waals surface area contributed by atoms with Crippen LogP contribution in [0.5, 0.6) is 0 Å². The van der Waals surface area contributed by atoms with Crippen molar-refractivity contribution in [2.24, 2.45) is 0 Å². The molecule has 0 unspecified atom stereocenters. The highest BCUT2D eigenvalue weighted by Gasteiger charge is 2.39. The van der Waals surface area contributed by atoms with Crippen molar-refractivity contribution in [1.82, 2.24) is 9.62 Å². The van der Waals surface area contributed by atoms with E-state index in [1.54, 1.807) is 0 Å². The van der Waals surface area contributed by atoms with Crippen molar-refractivity contribution in [3.8, 4) is 0 Å². The number of rotatable bonds is 4. The number of amides is 1. The number of sulfonamides is 1. The van der Waals surface area contributed by atoms with Gasteiger partial charge in [-0.1, -0.05) is 0 Å². The topological polar surface area (TPSA) is 104 Å². The number of benzene rings is 1. The lowest BCUT2D eigenvalue weighted by Gasteiger charge is -2.21. The molecule has 1 aliphatic rings. The average Bonchev–Trinajstić information content (AvgIpc) is 2.97. The van der Waals surface area contributed by atoms with Crippen LogP contribution in [-0.4, -0.2) is 49.3 Å². The largest absolute Gasteiger partial charge is 0.480 e. The van der Waals surface area contributed by atoms with Gasteiger partial charge in [-0.15, -0.1) is 0 Å². The Morgan fingerprint density at radius 2 is 1.90 bits per heavy atom. The van der Waals surface area contributed by atoms with Crippen molar-refractivity contribution in [1.29, 1.82) is 0 Å². The predicted molar refractivity (Wildman–Crippen MR) is 74.4 cm³/mol. The van der Waals surface area contributed by atoms with Gasteiger partial charge in [0.05, 0.1) is 4.90 Å². The first-order chi connectivity index (χ1) is 9.87. The van der Waals surface area contributed by atoms with Gasteiger partial charge in [0.15, 0.2) is 0 Å². The first kappa shape index (κ1) is 15.5. The molecule has 2 N–H and O–H groups in total. The molecule has 1 fully saturated rings. The second kappa shape index (κ2) is 5.82. The molecule has 1 aromatic rings. The van der Waals surface area contributed by atoms with E-state index in [2.05, 4.69) is 5.32 Å². The standard InChI is InChI=1S/C13H16N2O5S/c1-14-12(16)9-4-6-10(7-5-9)21(19,20)15-8-2-3-11(15)13(17)18/h4-7,11H,2-3,8H2,1H3,(H,14,16)(H,17,18)/t11-/m0/s1. The third-order valence-electron chi connectivity index (χ3n) is 3.44. The van der Waals surface area contributed by atoms with Crippen molar-refractivity contribution in [2.75, 3.05) is 13.6 Å². The minimum Gasteiger partial charge on any atom is -0.480 e. The van der Waals surface area contributed by atoms with Gasteiger partial charge >= 0.3 is 5.97 Å². The van der Waals surface area contributed by atoms with Gasteiger partial charge in [0.1, 0.15) is 6.04 Å². The van der Waals surface area contributed by atoms with Crippen LogP contribution in [0.15, 0.2) is 29.2 Å². The Balaban J connectivity index is 2.31. The lowest BCUT2D eigenvalue weighted by molar-refractivity contribution is -0.140. The Labute approximate surface area is 122 Å². The van der Waals surface area contributed by atoms with Gasteiger partial charge in [0.2, 0.25) is 10.0 Å². The van der Waals surface area contributed by atoms with Gasteiger partial charge in [-0.25, -0.2) is 8.42 Å². The zero-order valence-electron chi connectivity index (χ0n) is 11.4. The summed E-state index contributed by atoms with van der Waals surface area (Å²) in [5.41, 5.74) is 0.340. The summed E-state index contributed by atoms with van der Waals surface area (Å²) in [6.45, 7) is 0.191. The maximum absolute atomic E-state index is 12.5. The lowest BCUT2D eigenvalue weighted by Crippen LogP contribution is -2.40. The van der Waals surface area contributed by atoms with Crippen LogP contribution in [0.4, 0.5) is 0 Å². The number of aliphatic carboxylic acids is 1. The molecule has 8 heteroatoms. The summed E-state index contributed by atoms with van der Waals surface area (Å²) in [6.07, 6.45) is 0.831. The van der Waals surface area contributed by atoms with Crippen molar-refractivity contribution in [3.05, 3.63) is 29.8 Å². The molecule has 0 bridgehead atoms. The molecular weight excluding hydrogens is 296 g/mol. The third kappa shape index (κ3) is 2.91. The lowest BCUT2D eigenvalue weighted by atomic mass is 10.2. The molecule has 1 aromatic carbocycles. The fraction of sp³-hybridized carbons (Fsp3) is 0.385. The van der Waals surface area contributed by atoms with Crippen LogP contribution >= 0.6 is 0 Å². The number of hydrogen-bond acceptors (Lipinski definition) is 4.